The summed E-state index contributed by atoms with van der Waals surface area (Å²) in [6, 6.07) is 1.99. The summed E-state index contributed by atoms with van der Waals surface area (Å²) in [5.41, 5.74) is 1.24. The van der Waals surface area contributed by atoms with Crippen LogP contribution in [0.2, 0.25) is 0 Å². The molecule has 0 aromatic carbocycles. The van der Waals surface area contributed by atoms with Crippen molar-refractivity contribution in [2.24, 2.45) is 0 Å². The van der Waals surface area contributed by atoms with Crippen LogP contribution in [0.1, 0.15) is 33.3 Å². The highest BCUT2D eigenvalue weighted by atomic mass is 16.5. The van der Waals surface area contributed by atoms with E-state index in [2.05, 4.69) is 31.1 Å². The first-order valence-electron chi connectivity index (χ1n) is 5.95. The highest BCUT2D eigenvalue weighted by Gasteiger charge is 2.10. The second-order valence-corrected chi connectivity index (χ2v) is 4.97. The molecular formula is C14H22N2O. The Bertz CT molecular complexity index is 367. The maximum absolute atomic E-state index is 5.65. The van der Waals surface area contributed by atoms with Crippen molar-refractivity contribution in [3.63, 3.8) is 0 Å². The fraction of sp³-hybridized carbons (Fsp3) is 0.500. The summed E-state index contributed by atoms with van der Waals surface area (Å²) in [6.45, 7) is 9.80. The number of pyridine rings is 1. The number of aromatic nitrogens is 1. The van der Waals surface area contributed by atoms with Gasteiger partial charge >= 0.3 is 0 Å². The molecule has 3 nitrogen and oxygen atoms in total. The van der Waals surface area contributed by atoms with Gasteiger partial charge in [-0.25, -0.2) is 0 Å². The Balaban J connectivity index is 2.64. The largest absolute Gasteiger partial charge is 0.488 e. The predicted octanol–water partition coefficient (Wildman–Crippen LogP) is 2.92. The van der Waals surface area contributed by atoms with Crippen molar-refractivity contribution in [2.75, 3.05) is 6.61 Å². The zero-order chi connectivity index (χ0) is 12.7. The Morgan fingerprint density at radius 1 is 1.41 bits per heavy atom. The van der Waals surface area contributed by atoms with Gasteiger partial charge in [0.25, 0.3) is 0 Å². The van der Waals surface area contributed by atoms with E-state index in [1.54, 1.807) is 12.4 Å². The molecule has 1 aromatic rings. The van der Waals surface area contributed by atoms with E-state index in [-0.39, 0.29) is 5.54 Å². The van der Waals surface area contributed by atoms with Crippen molar-refractivity contribution < 1.29 is 4.74 Å². The molecule has 1 heterocycles. The van der Waals surface area contributed by atoms with E-state index in [9.17, 15) is 0 Å². The molecule has 0 aliphatic heterocycles. The van der Waals surface area contributed by atoms with Gasteiger partial charge in [-0.1, -0.05) is 12.2 Å². The molecule has 0 radical (unpaired) electrons. The number of nitrogens with one attached hydrogen (secondary N) is 1. The third-order valence-corrected chi connectivity index (χ3v) is 2.25. The number of ether oxygens (including phenoxy) is 1. The Morgan fingerprint density at radius 3 is 2.82 bits per heavy atom. The van der Waals surface area contributed by atoms with Gasteiger partial charge in [0.05, 0.1) is 6.20 Å². The SMILES string of the molecule is C/C=C/COc1cnccc1CNC(C)(C)C. The van der Waals surface area contributed by atoms with E-state index >= 15 is 0 Å². The molecule has 0 unspecified atom stereocenters. The first-order valence-corrected chi connectivity index (χ1v) is 5.95. The summed E-state index contributed by atoms with van der Waals surface area (Å²) >= 11 is 0. The smallest absolute Gasteiger partial charge is 0.142 e. The van der Waals surface area contributed by atoms with Crippen molar-refractivity contribution in [3.8, 4) is 5.75 Å². The van der Waals surface area contributed by atoms with Crippen LogP contribution in [0.3, 0.4) is 0 Å². The highest BCUT2D eigenvalue weighted by molar-refractivity contribution is 5.30. The van der Waals surface area contributed by atoms with Crippen LogP contribution in [0.5, 0.6) is 5.75 Å². The molecule has 0 bridgehead atoms. The Kier molecular flexibility index (Phi) is 5.16. The minimum absolute atomic E-state index is 0.101. The van der Waals surface area contributed by atoms with E-state index in [1.807, 2.05) is 25.1 Å². The van der Waals surface area contributed by atoms with E-state index in [0.29, 0.717) is 6.61 Å². The molecule has 0 atom stereocenters. The van der Waals surface area contributed by atoms with E-state index < -0.39 is 0 Å². The van der Waals surface area contributed by atoms with Crippen molar-refractivity contribution in [1.82, 2.24) is 10.3 Å². The van der Waals surface area contributed by atoms with Crippen LogP contribution >= 0.6 is 0 Å². The molecule has 0 saturated heterocycles. The van der Waals surface area contributed by atoms with Crippen LogP contribution in [0.15, 0.2) is 30.6 Å². The van der Waals surface area contributed by atoms with Crippen molar-refractivity contribution in [1.29, 1.82) is 0 Å². The van der Waals surface area contributed by atoms with Crippen molar-refractivity contribution in [3.05, 3.63) is 36.2 Å². The molecule has 0 saturated carbocycles. The molecular weight excluding hydrogens is 212 g/mol. The number of hydrogen-bond donors (Lipinski definition) is 1. The van der Waals surface area contributed by atoms with Gasteiger partial charge in [0.2, 0.25) is 0 Å². The molecule has 3 heteroatoms. The standard InChI is InChI=1S/C14H22N2O/c1-5-6-9-17-13-11-15-8-7-12(13)10-16-14(2,3)4/h5-8,11,16H,9-10H2,1-4H3/b6-5+. The Hall–Kier alpha value is -1.35. The third kappa shape index (κ3) is 5.50. The summed E-state index contributed by atoms with van der Waals surface area (Å²) in [5, 5.41) is 3.44. The topological polar surface area (TPSA) is 34.1 Å². The fourth-order valence-electron chi connectivity index (χ4n) is 1.28. The van der Waals surface area contributed by atoms with Crippen LogP contribution in [0.4, 0.5) is 0 Å². The lowest BCUT2D eigenvalue weighted by Gasteiger charge is -2.21. The van der Waals surface area contributed by atoms with Crippen molar-refractivity contribution in [2.45, 2.75) is 39.8 Å². The maximum Gasteiger partial charge on any atom is 0.142 e. The van der Waals surface area contributed by atoms with E-state index in [1.165, 1.54) is 0 Å². The lowest BCUT2D eigenvalue weighted by molar-refractivity contribution is 0.350. The molecule has 0 spiro atoms. The number of rotatable bonds is 5. The molecule has 0 aliphatic carbocycles. The van der Waals surface area contributed by atoms with Gasteiger partial charge in [-0.15, -0.1) is 0 Å². The summed E-state index contributed by atoms with van der Waals surface area (Å²) in [5.74, 6) is 0.849. The van der Waals surface area contributed by atoms with Crippen LogP contribution in [0.25, 0.3) is 0 Å². The van der Waals surface area contributed by atoms with Crippen LogP contribution in [0, 0.1) is 0 Å². The monoisotopic (exact) mass is 234 g/mol. The molecule has 1 aromatic heterocycles. The highest BCUT2D eigenvalue weighted by Crippen LogP contribution is 2.17. The van der Waals surface area contributed by atoms with Gasteiger partial charge in [0, 0.05) is 23.8 Å². The molecule has 0 aliphatic rings. The summed E-state index contributed by atoms with van der Waals surface area (Å²) in [6.07, 6.45) is 7.52. The van der Waals surface area contributed by atoms with Gasteiger partial charge in [-0.2, -0.15) is 0 Å². The predicted molar refractivity (Wildman–Crippen MR) is 71.1 cm³/mol. The third-order valence-electron chi connectivity index (χ3n) is 2.25. The Morgan fingerprint density at radius 2 is 2.18 bits per heavy atom. The second kappa shape index (κ2) is 6.40. The number of hydrogen-bond acceptors (Lipinski definition) is 3. The summed E-state index contributed by atoms with van der Waals surface area (Å²) in [4.78, 5) is 4.09. The van der Waals surface area contributed by atoms with Gasteiger partial charge < -0.3 is 10.1 Å². The van der Waals surface area contributed by atoms with Crippen LogP contribution in [-0.2, 0) is 6.54 Å². The average molecular weight is 234 g/mol. The molecule has 1 rings (SSSR count). The maximum atomic E-state index is 5.65. The first kappa shape index (κ1) is 13.7. The second-order valence-electron chi connectivity index (χ2n) is 4.97. The van der Waals surface area contributed by atoms with E-state index in [0.717, 1.165) is 17.9 Å². The van der Waals surface area contributed by atoms with Gasteiger partial charge in [0.1, 0.15) is 12.4 Å². The number of nitrogens with zero attached hydrogens (tertiary/aromatic N) is 1. The normalized spacial score (nSPS) is 12.0. The molecule has 94 valence electrons. The molecule has 1 N–H and O–H groups in total. The lowest BCUT2D eigenvalue weighted by atomic mass is 10.1. The van der Waals surface area contributed by atoms with Gasteiger partial charge in [-0.05, 0) is 33.8 Å². The van der Waals surface area contributed by atoms with Crippen LogP contribution < -0.4 is 10.1 Å². The molecule has 0 amide bonds. The summed E-state index contributed by atoms with van der Waals surface area (Å²) < 4.78 is 5.65. The average Bonchev–Trinajstić information content (AvgIpc) is 2.27. The first-order chi connectivity index (χ1) is 8.03. The summed E-state index contributed by atoms with van der Waals surface area (Å²) in [7, 11) is 0. The van der Waals surface area contributed by atoms with Crippen molar-refractivity contribution >= 4 is 0 Å². The van der Waals surface area contributed by atoms with Crippen LogP contribution in [-0.4, -0.2) is 17.1 Å². The fourth-order valence-corrected chi connectivity index (χ4v) is 1.28. The molecule has 0 fully saturated rings. The Labute approximate surface area is 104 Å². The lowest BCUT2D eigenvalue weighted by Crippen LogP contribution is -2.35. The minimum atomic E-state index is 0.101. The minimum Gasteiger partial charge on any atom is -0.488 e. The zero-order valence-corrected chi connectivity index (χ0v) is 11.2. The zero-order valence-electron chi connectivity index (χ0n) is 11.2. The van der Waals surface area contributed by atoms with Gasteiger partial charge in [-0.3, -0.25) is 4.98 Å². The van der Waals surface area contributed by atoms with Gasteiger partial charge in [0.15, 0.2) is 0 Å². The van der Waals surface area contributed by atoms with E-state index in [4.69, 9.17) is 4.74 Å². The molecule has 17 heavy (non-hydrogen) atoms. The number of allylic oxidation sites excluding steroid dienone is 1. The quantitative estimate of drug-likeness (QED) is 0.795.